The van der Waals surface area contributed by atoms with Gasteiger partial charge in [0.2, 0.25) is 0 Å². The molecule has 0 aliphatic carbocycles. The van der Waals surface area contributed by atoms with E-state index in [4.69, 9.17) is 0 Å². The summed E-state index contributed by atoms with van der Waals surface area (Å²) in [6.07, 6.45) is 0.767. The van der Waals surface area contributed by atoms with E-state index in [0.29, 0.717) is 0 Å². The van der Waals surface area contributed by atoms with E-state index in [9.17, 15) is 5.26 Å². The Morgan fingerprint density at radius 2 is 1.57 bits per heavy atom. The fraction of sp³-hybridized carbons (Fsp3) is 0.278. The van der Waals surface area contributed by atoms with Crippen LogP contribution >= 0.6 is 0 Å². The maximum Gasteiger partial charge on any atom is 0.105 e. The lowest BCUT2D eigenvalue weighted by atomic mass is 10.0. The second-order valence-corrected chi connectivity index (χ2v) is 5.63. The van der Waals surface area contributed by atoms with Crippen molar-refractivity contribution in [2.75, 3.05) is 7.05 Å². The Morgan fingerprint density at radius 1 is 1.05 bits per heavy atom. The molecule has 0 aliphatic heterocycles. The summed E-state index contributed by atoms with van der Waals surface area (Å²) in [6.45, 7) is 2.76. The smallest absolute Gasteiger partial charge is 0.105 e. The summed E-state index contributed by atoms with van der Waals surface area (Å²) in [5.41, 5.74) is 1.97. The number of aromatic nitrogens is 1. The molecule has 3 rings (SSSR count). The number of nitrogens with one attached hydrogen (secondary N) is 1. The van der Waals surface area contributed by atoms with Crippen LogP contribution in [0.3, 0.4) is 0 Å². The van der Waals surface area contributed by atoms with Crippen molar-refractivity contribution in [1.29, 1.82) is 5.26 Å². The molecule has 1 aromatic heterocycles. The zero-order valence-corrected chi connectivity index (χ0v) is 12.4. The molecule has 106 valence electrons. The maximum absolute atomic E-state index is 9.32. The summed E-state index contributed by atoms with van der Waals surface area (Å²) in [4.78, 5) is 0. The van der Waals surface area contributed by atoms with Crippen LogP contribution in [0.5, 0.6) is 0 Å². The zero-order chi connectivity index (χ0) is 14.9. The molecular formula is C18H19N3. The molecule has 2 aromatic carbocycles. The molecule has 3 aromatic rings. The average Bonchev–Trinajstić information content (AvgIpc) is 2.87. The summed E-state index contributed by atoms with van der Waals surface area (Å²) < 4.78 is 2.32. The number of hydrogen-bond donors (Lipinski definition) is 1. The average molecular weight is 277 g/mol. The van der Waals surface area contributed by atoms with Crippen LogP contribution in [0.25, 0.3) is 21.8 Å². The molecule has 1 atom stereocenters. The predicted octanol–water partition coefficient (Wildman–Crippen LogP) is 3.69. The molecule has 21 heavy (non-hydrogen) atoms. The number of para-hydroxylation sites is 2. The quantitative estimate of drug-likeness (QED) is 0.790. The highest BCUT2D eigenvalue weighted by Crippen LogP contribution is 2.29. The first-order valence-electron chi connectivity index (χ1n) is 7.25. The highest BCUT2D eigenvalue weighted by atomic mass is 15.0. The van der Waals surface area contributed by atoms with E-state index in [2.05, 4.69) is 64.5 Å². The van der Waals surface area contributed by atoms with Gasteiger partial charge in [0.15, 0.2) is 0 Å². The SMILES string of the molecule is CNC(C)(C#N)CCn1c2ccccc2c2ccccc21. The third-order valence-electron chi connectivity index (χ3n) is 4.31. The van der Waals surface area contributed by atoms with Crippen molar-refractivity contribution in [2.24, 2.45) is 0 Å². The molecule has 0 radical (unpaired) electrons. The number of aryl methyl sites for hydroxylation is 1. The monoisotopic (exact) mass is 277 g/mol. The van der Waals surface area contributed by atoms with Crippen molar-refractivity contribution in [3.05, 3.63) is 48.5 Å². The van der Waals surface area contributed by atoms with Crippen LogP contribution in [0.1, 0.15) is 13.3 Å². The summed E-state index contributed by atoms with van der Waals surface area (Å²) in [6, 6.07) is 19.3. The van der Waals surface area contributed by atoms with Crippen molar-refractivity contribution < 1.29 is 0 Å². The van der Waals surface area contributed by atoms with Crippen LogP contribution in [0.4, 0.5) is 0 Å². The Labute approximate surface area is 124 Å². The molecule has 1 heterocycles. The van der Waals surface area contributed by atoms with Gasteiger partial charge in [-0.15, -0.1) is 0 Å². The predicted molar refractivity (Wildman–Crippen MR) is 87.1 cm³/mol. The van der Waals surface area contributed by atoms with Gasteiger partial charge in [0, 0.05) is 28.4 Å². The van der Waals surface area contributed by atoms with Gasteiger partial charge in [-0.05, 0) is 32.5 Å². The van der Waals surface area contributed by atoms with Gasteiger partial charge in [-0.3, -0.25) is 0 Å². The van der Waals surface area contributed by atoms with Gasteiger partial charge >= 0.3 is 0 Å². The van der Waals surface area contributed by atoms with E-state index in [-0.39, 0.29) is 0 Å². The highest BCUT2D eigenvalue weighted by Gasteiger charge is 2.21. The van der Waals surface area contributed by atoms with Gasteiger partial charge < -0.3 is 9.88 Å². The van der Waals surface area contributed by atoms with Crippen LogP contribution in [0.15, 0.2) is 48.5 Å². The minimum Gasteiger partial charge on any atom is -0.340 e. The molecule has 0 fully saturated rings. The minimum absolute atomic E-state index is 0.494. The topological polar surface area (TPSA) is 40.8 Å². The van der Waals surface area contributed by atoms with E-state index < -0.39 is 5.54 Å². The lowest BCUT2D eigenvalue weighted by molar-refractivity contribution is 0.428. The molecule has 3 heteroatoms. The van der Waals surface area contributed by atoms with E-state index in [1.54, 1.807) is 0 Å². The molecule has 1 unspecified atom stereocenters. The minimum atomic E-state index is -0.494. The lowest BCUT2D eigenvalue weighted by Crippen LogP contribution is -2.38. The number of nitriles is 1. The molecule has 1 N–H and O–H groups in total. The molecule has 0 bridgehead atoms. The van der Waals surface area contributed by atoms with E-state index >= 15 is 0 Å². The van der Waals surface area contributed by atoms with Gasteiger partial charge in [0.1, 0.15) is 5.54 Å². The standard InChI is InChI=1S/C18H19N3/c1-18(13-19,20-2)11-12-21-16-9-5-3-7-14(16)15-8-4-6-10-17(15)21/h3-10,20H,11-12H2,1-2H3. The molecular weight excluding hydrogens is 258 g/mol. The van der Waals surface area contributed by atoms with E-state index in [0.717, 1.165) is 13.0 Å². The van der Waals surface area contributed by atoms with Crippen molar-refractivity contribution in [2.45, 2.75) is 25.4 Å². The van der Waals surface area contributed by atoms with Crippen LogP contribution in [0.2, 0.25) is 0 Å². The Kier molecular flexibility index (Phi) is 3.40. The van der Waals surface area contributed by atoms with Gasteiger partial charge in [0.25, 0.3) is 0 Å². The molecule has 0 saturated heterocycles. The van der Waals surface area contributed by atoms with Crippen LogP contribution in [-0.2, 0) is 6.54 Å². The first-order chi connectivity index (χ1) is 10.2. The molecule has 3 nitrogen and oxygen atoms in total. The summed E-state index contributed by atoms with van der Waals surface area (Å²) >= 11 is 0. The maximum atomic E-state index is 9.32. The highest BCUT2D eigenvalue weighted by molar-refractivity contribution is 6.07. The summed E-state index contributed by atoms with van der Waals surface area (Å²) in [5.74, 6) is 0. The molecule has 0 saturated carbocycles. The number of rotatable bonds is 4. The fourth-order valence-electron chi connectivity index (χ4n) is 2.82. The number of benzene rings is 2. The normalized spacial score (nSPS) is 14.1. The second-order valence-electron chi connectivity index (χ2n) is 5.63. The first-order valence-corrected chi connectivity index (χ1v) is 7.25. The Bertz CT molecular complexity index is 772. The summed E-state index contributed by atoms with van der Waals surface area (Å²) in [5, 5.41) is 15.0. The van der Waals surface area contributed by atoms with Crippen LogP contribution in [0, 0.1) is 11.3 Å². The van der Waals surface area contributed by atoms with Crippen LogP contribution < -0.4 is 5.32 Å². The fourth-order valence-corrected chi connectivity index (χ4v) is 2.82. The third kappa shape index (κ3) is 2.28. The van der Waals surface area contributed by atoms with Crippen LogP contribution in [-0.4, -0.2) is 17.2 Å². The number of hydrogen-bond acceptors (Lipinski definition) is 2. The summed E-state index contributed by atoms with van der Waals surface area (Å²) in [7, 11) is 1.84. The Balaban J connectivity index is 2.10. The van der Waals surface area contributed by atoms with Crippen molar-refractivity contribution in [1.82, 2.24) is 9.88 Å². The Morgan fingerprint density at radius 3 is 2.05 bits per heavy atom. The first kappa shape index (κ1) is 13.7. The van der Waals surface area contributed by atoms with E-state index in [1.165, 1.54) is 21.8 Å². The number of nitrogens with zero attached hydrogens (tertiary/aromatic N) is 2. The van der Waals surface area contributed by atoms with Crippen molar-refractivity contribution in [3.8, 4) is 6.07 Å². The molecule has 0 amide bonds. The van der Waals surface area contributed by atoms with Gasteiger partial charge in [-0.2, -0.15) is 5.26 Å². The van der Waals surface area contributed by atoms with Crippen molar-refractivity contribution in [3.63, 3.8) is 0 Å². The largest absolute Gasteiger partial charge is 0.340 e. The zero-order valence-electron chi connectivity index (χ0n) is 12.4. The van der Waals surface area contributed by atoms with Crippen molar-refractivity contribution >= 4 is 21.8 Å². The lowest BCUT2D eigenvalue weighted by Gasteiger charge is -2.21. The van der Waals surface area contributed by atoms with E-state index in [1.807, 2.05) is 14.0 Å². The van der Waals surface area contributed by atoms with Gasteiger partial charge in [-0.25, -0.2) is 0 Å². The second kappa shape index (κ2) is 5.23. The molecule has 0 aliphatic rings. The van der Waals surface area contributed by atoms with Gasteiger partial charge in [0.05, 0.1) is 6.07 Å². The Hall–Kier alpha value is -2.31. The third-order valence-corrected chi connectivity index (χ3v) is 4.31. The molecule has 0 spiro atoms. The number of fused-ring (bicyclic) bond motifs is 3. The van der Waals surface area contributed by atoms with Gasteiger partial charge in [-0.1, -0.05) is 36.4 Å².